The summed E-state index contributed by atoms with van der Waals surface area (Å²) in [5, 5.41) is 55.3. The van der Waals surface area contributed by atoms with Gasteiger partial charge in [-0.05, 0) is 171 Å². The number of alkyl halides is 15. The third kappa shape index (κ3) is 29.1. The molecule has 1 aliphatic heterocycles. The van der Waals surface area contributed by atoms with Crippen LogP contribution in [0.1, 0.15) is 168 Å². The molecule has 2 saturated carbocycles. The molecule has 1 saturated heterocycles. The number of aromatic nitrogens is 10. The normalized spacial score (nSPS) is 14.9. The number of carbonyl (C=O) groups is 5. The van der Waals surface area contributed by atoms with E-state index in [1.54, 1.807) is 42.5 Å². The van der Waals surface area contributed by atoms with Crippen LogP contribution in [0.15, 0.2) is 91.0 Å². The Labute approximate surface area is 747 Å². The van der Waals surface area contributed by atoms with Gasteiger partial charge in [0.1, 0.15) is 56.9 Å². The molecule has 0 spiro atoms. The Morgan fingerprint density at radius 1 is 0.430 bits per heavy atom. The fourth-order valence-electron chi connectivity index (χ4n) is 14.1. The maximum absolute atomic E-state index is 13.6. The largest absolute Gasteiger partial charge is 0.433 e. The zero-order chi connectivity index (χ0) is 93.9. The summed E-state index contributed by atoms with van der Waals surface area (Å²) in [6.45, 7) is 9.23. The number of amides is 5. The first kappa shape index (κ1) is 102. The number of aryl methyl sites for hydroxylation is 5. The highest BCUT2D eigenvalue weighted by molar-refractivity contribution is 7.18. The first-order valence-electron chi connectivity index (χ1n) is 40.6. The Hall–Kier alpha value is -9.39. The number of morpholine rings is 1. The SMILES string of the molecule is CC(O)CN(CC(C)O)C(=O)c1ccc(-c2cc(C(F)(F)F)n(C)n2)s1.CN(C)CCCNC(=O)c1ccc(-c2cc(C(F)(F)F)n(C)n2)s1.Cn1nc(-c2ccc(C(=O)N(C3CCCCC3)C3CCCCC3)s2)cc1C(F)(F)F.Cn1nc(-c2ccc(C(=O)NCCCN3CCOCC3)s2)cc1C(F)(F)F.Cn1nc(-c2ccc(C(=O)NCCO)s2)cc1C(F)(F)F. The van der Waals surface area contributed by atoms with Crippen LogP contribution in [0.2, 0.25) is 0 Å². The van der Waals surface area contributed by atoms with Gasteiger partial charge >= 0.3 is 30.9 Å². The molecule has 128 heavy (non-hydrogen) atoms. The summed E-state index contributed by atoms with van der Waals surface area (Å²) >= 11 is 5.56. The number of hydrogen-bond donors (Lipinski definition) is 6. The van der Waals surface area contributed by atoms with Crippen molar-refractivity contribution in [3.8, 4) is 52.9 Å². The smallest absolute Gasteiger partial charge is 0.395 e. The van der Waals surface area contributed by atoms with Gasteiger partial charge in [-0.15, -0.1) is 56.7 Å². The molecule has 13 rings (SSSR count). The lowest BCUT2D eigenvalue weighted by Crippen LogP contribution is -2.48. The van der Waals surface area contributed by atoms with Gasteiger partial charge in [-0.3, -0.25) is 52.3 Å². The van der Waals surface area contributed by atoms with Gasteiger partial charge in [-0.25, -0.2) is 0 Å². The number of nitrogens with zero attached hydrogens (tertiary/aromatic N) is 14. The molecular weight excluding hydrogens is 1810 g/mol. The number of aliphatic hydroxyl groups is 3. The van der Waals surface area contributed by atoms with E-state index >= 15 is 0 Å². The van der Waals surface area contributed by atoms with E-state index in [4.69, 9.17) is 9.84 Å². The predicted octanol–water partition coefficient (Wildman–Crippen LogP) is 16.0. The Bertz CT molecular complexity index is 5230. The van der Waals surface area contributed by atoms with E-state index in [1.165, 1.54) is 96.4 Å². The molecule has 6 N–H and O–H groups in total. The maximum Gasteiger partial charge on any atom is 0.433 e. The summed E-state index contributed by atoms with van der Waals surface area (Å²) in [7, 11) is 10.1. The lowest BCUT2D eigenvalue weighted by molar-refractivity contribution is -0.144. The summed E-state index contributed by atoms with van der Waals surface area (Å²) in [5.74, 6) is -1.20. The van der Waals surface area contributed by atoms with Crippen LogP contribution in [-0.2, 0) is 70.9 Å². The predicted molar refractivity (Wildman–Crippen MR) is 456 cm³/mol. The van der Waals surface area contributed by atoms with Crippen LogP contribution in [0.4, 0.5) is 65.9 Å². The van der Waals surface area contributed by atoms with Crippen molar-refractivity contribution in [3.63, 3.8) is 0 Å². The fraction of sp³-hybridized carbons (Fsp3) is 0.512. The zero-order valence-electron chi connectivity index (χ0n) is 71.2. The van der Waals surface area contributed by atoms with Crippen LogP contribution < -0.4 is 16.0 Å². The summed E-state index contributed by atoms with van der Waals surface area (Å²) < 4.78 is 203. The van der Waals surface area contributed by atoms with Crippen molar-refractivity contribution in [2.75, 3.05) is 92.8 Å². The molecule has 10 aromatic heterocycles. The second kappa shape index (κ2) is 45.4. The Kier molecular flexibility index (Phi) is 36.3. The van der Waals surface area contributed by atoms with Crippen LogP contribution in [0, 0.1) is 0 Å². The van der Waals surface area contributed by atoms with Crippen molar-refractivity contribution in [2.24, 2.45) is 35.2 Å². The first-order valence-corrected chi connectivity index (χ1v) is 44.7. The molecule has 0 radical (unpaired) electrons. The van der Waals surface area contributed by atoms with Gasteiger partial charge in [0.2, 0.25) is 0 Å². The minimum Gasteiger partial charge on any atom is -0.395 e. The molecule has 0 aromatic carbocycles. The second-order valence-electron chi connectivity index (χ2n) is 30.7. The quantitative estimate of drug-likeness (QED) is 0.0217. The molecule has 11 heterocycles. The van der Waals surface area contributed by atoms with Gasteiger partial charge in [0, 0.05) is 93.1 Å². The van der Waals surface area contributed by atoms with Gasteiger partial charge in [0.15, 0.2) is 0 Å². The average Bonchev–Trinajstić information content (AvgIpc) is 1.60. The third-order valence-electron chi connectivity index (χ3n) is 20.2. The molecule has 0 bridgehead atoms. The number of ether oxygens (including phenoxy) is 1. The van der Waals surface area contributed by atoms with Crippen molar-refractivity contribution in [1.29, 1.82) is 0 Å². The molecular formula is C82H100F15N17O9S5. The van der Waals surface area contributed by atoms with Crippen molar-refractivity contribution in [2.45, 2.75) is 146 Å². The van der Waals surface area contributed by atoms with E-state index in [1.807, 2.05) is 19.0 Å². The number of aliphatic hydroxyl groups excluding tert-OH is 3. The molecule has 3 aliphatic rings. The molecule has 2 aliphatic carbocycles. The molecule has 26 nitrogen and oxygen atoms in total. The lowest BCUT2D eigenvalue weighted by Gasteiger charge is -2.41. The monoisotopic (exact) mass is 1910 g/mol. The van der Waals surface area contributed by atoms with Crippen LogP contribution in [0.25, 0.3) is 52.9 Å². The summed E-state index contributed by atoms with van der Waals surface area (Å²) in [6, 6.07) is 21.5. The standard InChI is InChI=1S/C22H28F3N3OS.C17H21F3N4O2S.C16H20F3N3O3S.C15H19F3N4OS.C12H12F3N3O2S/c1-27-20(22(23,24)25)14-17(26-27)18-12-13-19(30-18)21(29)28(15-8-4-2-5-9-15)16-10-6-3-7-11-16;1-23-15(17(18,19)20)11-12(22-23)13-3-4-14(27-13)16(25)21-5-2-6-24-7-9-26-10-8-24;1-9(23)7-22(8-10(2)24)15(25)13-5-4-12(26-13)11-6-14(16(17,18)19)21(3)20-11;1-21(2)8-4-7-19-14(23)12-6-5-11(24-12)10-9-13(15(16,17)18)22(3)20-10;1-18-10(12(13,14)15)6-7(17-18)8-2-3-9(21-8)11(20)16-4-5-19/h12-16H,2-11H2,1H3;3-4,11H,2,5-10H2,1H3,(H,21,25);4-6,9-10,23-24H,7-8H2,1-3H3;5-6,9H,4,7-8H2,1-3H3,(H,19,23);2-3,6,19H,4-5H2,1H3,(H,16,20). The lowest BCUT2D eigenvalue weighted by atomic mass is 9.88. The highest BCUT2D eigenvalue weighted by Gasteiger charge is 2.41. The van der Waals surface area contributed by atoms with E-state index < -0.39 is 77.5 Å². The first-order chi connectivity index (χ1) is 60.2. The van der Waals surface area contributed by atoms with E-state index in [2.05, 4.69) is 51.2 Å². The van der Waals surface area contributed by atoms with E-state index in [-0.39, 0.29) is 90.4 Å². The number of halogens is 15. The minimum atomic E-state index is -4.51. The van der Waals surface area contributed by atoms with Crippen LogP contribution >= 0.6 is 56.7 Å². The van der Waals surface area contributed by atoms with Crippen LogP contribution in [-0.4, -0.2) is 230 Å². The summed E-state index contributed by atoms with van der Waals surface area (Å²) in [5.41, 5.74) is -3.18. The Morgan fingerprint density at radius 2 is 0.711 bits per heavy atom. The number of thiophene rings is 5. The average molecular weight is 1910 g/mol. The molecule has 2 unspecified atom stereocenters. The minimum absolute atomic E-state index is 0.0389. The molecule has 702 valence electrons. The van der Waals surface area contributed by atoms with Gasteiger partial charge in [0.05, 0.1) is 80.8 Å². The molecule has 3 fully saturated rings. The highest BCUT2D eigenvalue weighted by Crippen LogP contribution is 2.42. The Morgan fingerprint density at radius 3 is 0.992 bits per heavy atom. The number of hydrogen-bond acceptors (Lipinski definition) is 21. The van der Waals surface area contributed by atoms with Gasteiger partial charge in [-0.1, -0.05) is 38.5 Å². The number of carbonyl (C=O) groups excluding carboxylic acids is 5. The van der Waals surface area contributed by atoms with Crippen molar-refractivity contribution in [1.82, 2.24) is 84.5 Å². The topological polar surface area (TPSA) is 293 Å². The molecule has 2 atom stereocenters. The maximum atomic E-state index is 13.6. The van der Waals surface area contributed by atoms with Crippen LogP contribution in [0.3, 0.4) is 0 Å². The third-order valence-corrected chi connectivity index (χ3v) is 25.7. The van der Waals surface area contributed by atoms with Crippen molar-refractivity contribution >= 4 is 86.2 Å². The fourth-order valence-corrected chi connectivity index (χ4v) is 18.6. The van der Waals surface area contributed by atoms with Gasteiger partial charge in [-0.2, -0.15) is 91.3 Å². The highest BCUT2D eigenvalue weighted by atomic mass is 32.1. The molecule has 46 heteroatoms. The van der Waals surface area contributed by atoms with E-state index in [0.717, 1.165) is 203 Å². The number of nitrogens with one attached hydrogen (secondary N) is 3. The van der Waals surface area contributed by atoms with E-state index in [9.17, 15) is 100 Å². The van der Waals surface area contributed by atoms with Crippen molar-refractivity contribution in [3.05, 3.63) is 144 Å². The molecule has 5 amide bonds. The van der Waals surface area contributed by atoms with E-state index in [0.29, 0.717) is 61.9 Å². The van der Waals surface area contributed by atoms with Crippen molar-refractivity contribution < 1.29 is 110 Å². The summed E-state index contributed by atoms with van der Waals surface area (Å²) in [6.07, 6.45) is -10.9. The van der Waals surface area contributed by atoms with Crippen LogP contribution in [0.5, 0.6) is 0 Å². The van der Waals surface area contributed by atoms with Gasteiger partial charge < -0.3 is 50.7 Å². The number of rotatable bonds is 26. The zero-order valence-corrected chi connectivity index (χ0v) is 75.3. The molecule has 10 aromatic rings. The van der Waals surface area contributed by atoms with Gasteiger partial charge in [0.25, 0.3) is 29.5 Å². The second-order valence-corrected chi connectivity index (χ2v) is 36.1. The Balaban J connectivity index is 0.000000182. The summed E-state index contributed by atoms with van der Waals surface area (Å²) in [4.78, 5) is 74.5.